The molecule has 1 aromatic heterocycles. The summed E-state index contributed by atoms with van der Waals surface area (Å²) in [6.07, 6.45) is 0.750. The molecule has 7 nitrogen and oxygen atoms in total. The molecule has 0 unspecified atom stereocenters. The molecule has 1 aromatic carbocycles. The number of methoxy groups -OCH3 is 2. The topological polar surface area (TPSA) is 87.0 Å². The number of nitrogens with zero attached hydrogens (tertiary/aromatic N) is 1. The van der Waals surface area contributed by atoms with Crippen LogP contribution in [0.25, 0.3) is 5.57 Å². The van der Waals surface area contributed by atoms with Crippen LogP contribution >= 0.6 is 0 Å². The van der Waals surface area contributed by atoms with E-state index in [1.54, 1.807) is 6.92 Å². The van der Waals surface area contributed by atoms with Gasteiger partial charge in [0.15, 0.2) is 17.7 Å². The van der Waals surface area contributed by atoms with Crippen LogP contribution in [0.1, 0.15) is 28.5 Å². The molecule has 7 heteroatoms. The molecule has 0 aliphatic heterocycles. The molecule has 0 saturated heterocycles. The van der Waals surface area contributed by atoms with E-state index >= 15 is 0 Å². The van der Waals surface area contributed by atoms with Gasteiger partial charge in [-0.3, -0.25) is 4.79 Å². The van der Waals surface area contributed by atoms with Crippen LogP contribution in [0, 0.1) is 0 Å². The van der Waals surface area contributed by atoms with Gasteiger partial charge in [0, 0.05) is 26.0 Å². The van der Waals surface area contributed by atoms with Crippen LogP contribution in [0.2, 0.25) is 0 Å². The number of benzene rings is 1. The van der Waals surface area contributed by atoms with E-state index in [0.29, 0.717) is 5.57 Å². The Kier molecular flexibility index (Phi) is 6.92. The smallest absolute Gasteiger partial charge is 0.356 e. The van der Waals surface area contributed by atoms with Gasteiger partial charge in [0.1, 0.15) is 6.61 Å². The molecule has 0 amide bonds. The highest BCUT2D eigenvalue weighted by Gasteiger charge is 2.24. The summed E-state index contributed by atoms with van der Waals surface area (Å²) in [7, 11) is 2.90. The first-order valence-electron chi connectivity index (χ1n) is 8.28. The van der Waals surface area contributed by atoms with E-state index in [-0.39, 0.29) is 30.2 Å². The Labute approximate surface area is 157 Å². The number of hydrogen-bond donors (Lipinski definition) is 1. The van der Waals surface area contributed by atoms with Gasteiger partial charge in [0.2, 0.25) is 5.43 Å². The second kappa shape index (κ2) is 9.16. The number of rotatable bonds is 9. The van der Waals surface area contributed by atoms with Crippen molar-refractivity contribution < 1.29 is 24.1 Å². The molecule has 1 heterocycles. The maximum Gasteiger partial charge on any atom is 0.356 e. The van der Waals surface area contributed by atoms with Crippen molar-refractivity contribution >= 4 is 11.5 Å². The van der Waals surface area contributed by atoms with Crippen molar-refractivity contribution in [1.29, 1.82) is 0 Å². The van der Waals surface area contributed by atoms with Crippen molar-refractivity contribution in [2.45, 2.75) is 26.4 Å². The number of carbonyl (C=O) groups is 1. The predicted molar refractivity (Wildman–Crippen MR) is 101 cm³/mol. The number of carboxylic acids is 1. The average molecular weight is 373 g/mol. The molecule has 0 aliphatic carbocycles. The number of allylic oxidation sites excluding steroid dienone is 1. The molecule has 27 heavy (non-hydrogen) atoms. The molecule has 0 spiro atoms. The van der Waals surface area contributed by atoms with Crippen molar-refractivity contribution in [3.8, 4) is 5.75 Å². The summed E-state index contributed by atoms with van der Waals surface area (Å²) in [6, 6.07) is 9.18. The first kappa shape index (κ1) is 20.4. The number of aromatic nitrogens is 1. The van der Waals surface area contributed by atoms with Crippen LogP contribution in [0.3, 0.4) is 0 Å². The Balaban J connectivity index is 2.56. The Bertz CT molecular complexity index is 868. The Hall–Kier alpha value is -2.90. The van der Waals surface area contributed by atoms with Crippen molar-refractivity contribution in [3.63, 3.8) is 0 Å². The minimum absolute atomic E-state index is 0.0635. The first-order chi connectivity index (χ1) is 12.9. The van der Waals surface area contributed by atoms with E-state index in [4.69, 9.17) is 14.2 Å². The van der Waals surface area contributed by atoms with Crippen LogP contribution < -0.4 is 10.2 Å². The molecule has 0 bridgehead atoms. The molecule has 2 aromatic rings. The molecule has 2 rings (SSSR count). The fraction of sp³-hybridized carbons (Fsp3) is 0.300. The van der Waals surface area contributed by atoms with Gasteiger partial charge in [-0.15, -0.1) is 0 Å². The summed E-state index contributed by atoms with van der Waals surface area (Å²) in [4.78, 5) is 24.7. The van der Waals surface area contributed by atoms with E-state index in [0.717, 1.165) is 5.56 Å². The average Bonchev–Trinajstić information content (AvgIpc) is 2.65. The zero-order valence-electron chi connectivity index (χ0n) is 15.6. The predicted octanol–water partition coefficient (Wildman–Crippen LogP) is 2.78. The molecule has 144 valence electrons. The van der Waals surface area contributed by atoms with E-state index < -0.39 is 17.7 Å². The third kappa shape index (κ3) is 4.84. The van der Waals surface area contributed by atoms with Crippen LogP contribution in [-0.4, -0.2) is 36.2 Å². The molecular formula is C20H23NO6. The van der Waals surface area contributed by atoms with Gasteiger partial charge >= 0.3 is 5.97 Å². The molecule has 0 atom stereocenters. The maximum absolute atomic E-state index is 12.8. The lowest BCUT2D eigenvalue weighted by Crippen LogP contribution is -2.28. The standard InChI is InChI=1S/C20H23NO6/c1-13(2)15-10-21(11-16(25-3)26-4)17(20(23)24)19(18(15)22)27-12-14-8-6-5-7-9-14/h5-10,16H,1,11-12H2,2-4H3,(H,23,24). The van der Waals surface area contributed by atoms with Crippen LogP contribution in [0.4, 0.5) is 0 Å². The largest absolute Gasteiger partial charge is 0.482 e. The number of pyridine rings is 1. The van der Waals surface area contributed by atoms with E-state index in [1.807, 2.05) is 30.3 Å². The Morgan fingerprint density at radius 2 is 1.85 bits per heavy atom. The van der Waals surface area contributed by atoms with Crippen molar-refractivity contribution in [2.75, 3.05) is 14.2 Å². The highest BCUT2D eigenvalue weighted by atomic mass is 16.7. The number of hydrogen-bond acceptors (Lipinski definition) is 5. The Morgan fingerprint density at radius 3 is 2.37 bits per heavy atom. The minimum Gasteiger partial charge on any atom is -0.482 e. The zero-order chi connectivity index (χ0) is 20.0. The number of carboxylic acid groups (broad SMARTS) is 1. The van der Waals surface area contributed by atoms with Gasteiger partial charge < -0.3 is 23.9 Å². The third-order valence-electron chi connectivity index (χ3n) is 4.00. The molecule has 0 radical (unpaired) electrons. The monoisotopic (exact) mass is 373 g/mol. The lowest BCUT2D eigenvalue weighted by atomic mass is 10.1. The van der Waals surface area contributed by atoms with Crippen LogP contribution in [-0.2, 0) is 22.6 Å². The quantitative estimate of drug-likeness (QED) is 0.680. The van der Waals surface area contributed by atoms with Gasteiger partial charge in [-0.25, -0.2) is 4.79 Å². The lowest BCUT2D eigenvalue weighted by molar-refractivity contribution is -0.111. The summed E-state index contributed by atoms with van der Waals surface area (Å²) in [5.74, 6) is -1.52. The minimum atomic E-state index is -1.28. The maximum atomic E-state index is 12.8. The van der Waals surface area contributed by atoms with E-state index in [1.165, 1.54) is 25.0 Å². The second-order valence-corrected chi connectivity index (χ2v) is 5.96. The SMILES string of the molecule is C=C(C)c1cn(CC(OC)OC)c(C(=O)O)c(OCc2ccccc2)c1=O. The third-order valence-corrected chi connectivity index (χ3v) is 4.00. The van der Waals surface area contributed by atoms with Crippen LogP contribution in [0.15, 0.2) is 47.9 Å². The second-order valence-electron chi connectivity index (χ2n) is 5.96. The van der Waals surface area contributed by atoms with Gasteiger partial charge in [-0.05, 0) is 18.1 Å². The van der Waals surface area contributed by atoms with Gasteiger partial charge in [-0.1, -0.05) is 36.9 Å². The molecular weight excluding hydrogens is 350 g/mol. The molecule has 0 saturated carbocycles. The first-order valence-corrected chi connectivity index (χ1v) is 8.28. The number of aromatic carboxylic acids is 1. The van der Waals surface area contributed by atoms with E-state index in [2.05, 4.69) is 6.58 Å². The fourth-order valence-electron chi connectivity index (χ4n) is 2.58. The van der Waals surface area contributed by atoms with Gasteiger partial charge in [0.25, 0.3) is 0 Å². The Morgan fingerprint density at radius 1 is 1.22 bits per heavy atom. The molecule has 1 N–H and O–H groups in total. The summed E-state index contributed by atoms with van der Waals surface area (Å²) in [5, 5.41) is 9.71. The van der Waals surface area contributed by atoms with Crippen molar-refractivity contribution in [1.82, 2.24) is 4.57 Å². The number of ether oxygens (including phenoxy) is 3. The molecule has 0 aliphatic rings. The van der Waals surface area contributed by atoms with Crippen LogP contribution in [0.5, 0.6) is 5.75 Å². The highest BCUT2D eigenvalue weighted by Crippen LogP contribution is 2.21. The summed E-state index contributed by atoms with van der Waals surface area (Å²) in [6.45, 7) is 5.60. The fourth-order valence-corrected chi connectivity index (χ4v) is 2.58. The van der Waals surface area contributed by atoms with E-state index in [9.17, 15) is 14.7 Å². The summed E-state index contributed by atoms with van der Waals surface area (Å²) >= 11 is 0. The van der Waals surface area contributed by atoms with Crippen molar-refractivity contribution in [2.24, 2.45) is 0 Å². The normalized spacial score (nSPS) is 10.8. The zero-order valence-corrected chi connectivity index (χ0v) is 15.6. The summed E-state index contributed by atoms with van der Waals surface area (Å²) < 4.78 is 17.4. The van der Waals surface area contributed by atoms with Gasteiger partial charge in [-0.2, -0.15) is 0 Å². The summed E-state index contributed by atoms with van der Waals surface area (Å²) in [5.41, 5.74) is 0.807. The van der Waals surface area contributed by atoms with Crippen molar-refractivity contribution in [3.05, 3.63) is 70.2 Å². The molecule has 0 fully saturated rings. The highest BCUT2D eigenvalue weighted by molar-refractivity contribution is 5.89. The van der Waals surface area contributed by atoms with Gasteiger partial charge in [0.05, 0.1) is 6.54 Å². The lowest BCUT2D eigenvalue weighted by Gasteiger charge is -2.20.